The lowest BCUT2D eigenvalue weighted by Crippen LogP contribution is -2.34. The van der Waals surface area contributed by atoms with Crippen LogP contribution in [0.15, 0.2) is 54.6 Å². The maximum Gasteiger partial charge on any atom is 0.319 e. The van der Waals surface area contributed by atoms with Gasteiger partial charge >= 0.3 is 6.03 Å². The standard InChI is InChI=1S/C19H20N4O/c20-12-15-6-8-17(9-7-15)22-19(24)21-13-16-10-11-23(14-16)18-4-2-1-3-5-18/h1-9,16H,10-11,13-14H2,(H2,21,22,24)/t16-/m0/s1. The van der Waals surface area contributed by atoms with Crippen molar-refractivity contribution in [3.63, 3.8) is 0 Å². The number of nitriles is 1. The van der Waals surface area contributed by atoms with Gasteiger partial charge in [-0.25, -0.2) is 4.79 Å². The average Bonchev–Trinajstić information content (AvgIpc) is 3.10. The number of amides is 2. The number of anilines is 2. The summed E-state index contributed by atoms with van der Waals surface area (Å²) < 4.78 is 0. The van der Waals surface area contributed by atoms with Crippen molar-refractivity contribution in [3.05, 3.63) is 60.2 Å². The molecule has 1 atom stereocenters. The van der Waals surface area contributed by atoms with Gasteiger partial charge in [-0.3, -0.25) is 0 Å². The third-order valence-corrected chi connectivity index (χ3v) is 4.23. The van der Waals surface area contributed by atoms with Gasteiger partial charge in [-0.15, -0.1) is 0 Å². The Balaban J connectivity index is 1.44. The Morgan fingerprint density at radius 3 is 2.62 bits per heavy atom. The molecule has 0 aromatic heterocycles. The second kappa shape index (κ2) is 7.51. The number of urea groups is 1. The number of hydrogen-bond donors (Lipinski definition) is 2. The molecule has 0 aliphatic carbocycles. The van der Waals surface area contributed by atoms with Crippen molar-refractivity contribution >= 4 is 17.4 Å². The smallest absolute Gasteiger partial charge is 0.319 e. The highest BCUT2D eigenvalue weighted by molar-refractivity contribution is 5.89. The minimum absolute atomic E-state index is 0.210. The summed E-state index contributed by atoms with van der Waals surface area (Å²) in [6.45, 7) is 2.64. The maximum atomic E-state index is 12.0. The summed E-state index contributed by atoms with van der Waals surface area (Å²) in [6.07, 6.45) is 1.08. The summed E-state index contributed by atoms with van der Waals surface area (Å²) in [5.41, 5.74) is 2.50. The van der Waals surface area contributed by atoms with Crippen LogP contribution >= 0.6 is 0 Å². The Hall–Kier alpha value is -3.00. The van der Waals surface area contributed by atoms with E-state index >= 15 is 0 Å². The third-order valence-electron chi connectivity index (χ3n) is 4.23. The molecule has 1 saturated heterocycles. The minimum Gasteiger partial charge on any atom is -0.371 e. The van der Waals surface area contributed by atoms with Crippen LogP contribution in [0.4, 0.5) is 16.2 Å². The van der Waals surface area contributed by atoms with Crippen LogP contribution in [-0.2, 0) is 0 Å². The Kier molecular flexibility index (Phi) is 4.97. The monoisotopic (exact) mass is 320 g/mol. The van der Waals surface area contributed by atoms with E-state index < -0.39 is 0 Å². The molecule has 122 valence electrons. The molecule has 0 unspecified atom stereocenters. The van der Waals surface area contributed by atoms with E-state index in [1.807, 2.05) is 18.2 Å². The molecule has 1 heterocycles. The van der Waals surface area contributed by atoms with Gasteiger partial charge in [-0.2, -0.15) is 5.26 Å². The number of benzene rings is 2. The predicted molar refractivity (Wildman–Crippen MR) is 94.9 cm³/mol. The van der Waals surface area contributed by atoms with E-state index in [0.717, 1.165) is 19.5 Å². The number of hydrogen-bond acceptors (Lipinski definition) is 3. The molecule has 2 N–H and O–H groups in total. The van der Waals surface area contributed by atoms with Gasteiger partial charge in [0.2, 0.25) is 0 Å². The third kappa shape index (κ3) is 4.05. The fourth-order valence-electron chi connectivity index (χ4n) is 2.91. The highest BCUT2D eigenvalue weighted by atomic mass is 16.2. The molecule has 3 rings (SSSR count). The number of rotatable bonds is 4. The average molecular weight is 320 g/mol. The van der Waals surface area contributed by atoms with Gasteiger partial charge in [0.1, 0.15) is 0 Å². The molecule has 1 aliphatic heterocycles. The molecule has 1 fully saturated rings. The number of carbonyl (C=O) groups is 1. The number of nitrogens with zero attached hydrogens (tertiary/aromatic N) is 2. The first-order valence-electron chi connectivity index (χ1n) is 8.09. The molecule has 0 radical (unpaired) electrons. The van der Waals surface area contributed by atoms with Gasteiger partial charge < -0.3 is 15.5 Å². The second-order valence-corrected chi connectivity index (χ2v) is 5.96. The van der Waals surface area contributed by atoms with E-state index in [4.69, 9.17) is 5.26 Å². The lowest BCUT2D eigenvalue weighted by molar-refractivity contribution is 0.250. The van der Waals surface area contributed by atoms with Gasteiger partial charge in [-0.1, -0.05) is 18.2 Å². The van der Waals surface area contributed by atoms with E-state index in [2.05, 4.69) is 33.7 Å². The molecule has 0 spiro atoms. The van der Waals surface area contributed by atoms with Crippen molar-refractivity contribution < 1.29 is 4.79 Å². The highest BCUT2D eigenvalue weighted by Crippen LogP contribution is 2.22. The zero-order valence-corrected chi connectivity index (χ0v) is 13.4. The largest absolute Gasteiger partial charge is 0.371 e. The lowest BCUT2D eigenvalue weighted by Gasteiger charge is -2.18. The van der Waals surface area contributed by atoms with Crippen molar-refractivity contribution in [2.75, 3.05) is 29.9 Å². The Labute approximate surface area is 141 Å². The Bertz CT molecular complexity index is 721. The van der Waals surface area contributed by atoms with Gasteiger partial charge in [0.25, 0.3) is 0 Å². The molecule has 0 bridgehead atoms. The van der Waals surface area contributed by atoms with E-state index in [1.54, 1.807) is 24.3 Å². The fourth-order valence-corrected chi connectivity index (χ4v) is 2.91. The van der Waals surface area contributed by atoms with Crippen LogP contribution in [0, 0.1) is 17.2 Å². The van der Waals surface area contributed by atoms with Crippen LogP contribution in [0.5, 0.6) is 0 Å². The van der Waals surface area contributed by atoms with Crippen LogP contribution in [0.25, 0.3) is 0 Å². The maximum absolute atomic E-state index is 12.0. The second-order valence-electron chi connectivity index (χ2n) is 5.96. The normalized spacial score (nSPS) is 16.5. The summed E-state index contributed by atoms with van der Waals surface area (Å²) in [5, 5.41) is 14.5. The quantitative estimate of drug-likeness (QED) is 0.909. The molecule has 5 heteroatoms. The SMILES string of the molecule is N#Cc1ccc(NC(=O)NC[C@@H]2CCN(c3ccccc3)C2)cc1. The topological polar surface area (TPSA) is 68.2 Å². The molecule has 0 saturated carbocycles. The summed E-state index contributed by atoms with van der Waals surface area (Å²) in [5.74, 6) is 0.455. The van der Waals surface area contributed by atoms with Crippen LogP contribution in [-0.4, -0.2) is 25.7 Å². The Morgan fingerprint density at radius 1 is 1.17 bits per heavy atom. The van der Waals surface area contributed by atoms with Gasteiger partial charge in [0, 0.05) is 31.0 Å². The van der Waals surface area contributed by atoms with Gasteiger partial charge in [0.05, 0.1) is 11.6 Å². The van der Waals surface area contributed by atoms with E-state index in [-0.39, 0.29) is 6.03 Å². The molecule has 2 aromatic rings. The van der Waals surface area contributed by atoms with Crippen LogP contribution < -0.4 is 15.5 Å². The van der Waals surface area contributed by atoms with Crippen molar-refractivity contribution in [1.29, 1.82) is 5.26 Å². The summed E-state index contributed by atoms with van der Waals surface area (Å²) in [6, 6.07) is 19.0. The summed E-state index contributed by atoms with van der Waals surface area (Å²) >= 11 is 0. The van der Waals surface area contributed by atoms with Crippen LogP contribution in [0.2, 0.25) is 0 Å². The first kappa shape index (κ1) is 15.9. The van der Waals surface area contributed by atoms with Gasteiger partial charge in [0.15, 0.2) is 0 Å². The number of para-hydroxylation sites is 1. The predicted octanol–water partition coefficient (Wildman–Crippen LogP) is 3.21. The molecule has 24 heavy (non-hydrogen) atoms. The van der Waals surface area contributed by atoms with E-state index in [9.17, 15) is 4.79 Å². The fraction of sp³-hybridized carbons (Fsp3) is 0.263. The zero-order chi connectivity index (χ0) is 16.8. The first-order chi connectivity index (χ1) is 11.7. The van der Waals surface area contributed by atoms with E-state index in [1.165, 1.54) is 5.69 Å². The summed E-state index contributed by atoms with van der Waals surface area (Å²) in [7, 11) is 0. The molecular weight excluding hydrogens is 300 g/mol. The highest BCUT2D eigenvalue weighted by Gasteiger charge is 2.22. The zero-order valence-electron chi connectivity index (χ0n) is 13.4. The van der Waals surface area contributed by atoms with Crippen LogP contribution in [0.1, 0.15) is 12.0 Å². The van der Waals surface area contributed by atoms with Crippen molar-refractivity contribution in [2.24, 2.45) is 5.92 Å². The first-order valence-corrected chi connectivity index (χ1v) is 8.09. The Morgan fingerprint density at radius 2 is 1.92 bits per heavy atom. The van der Waals surface area contributed by atoms with Crippen LogP contribution in [0.3, 0.4) is 0 Å². The summed E-state index contributed by atoms with van der Waals surface area (Å²) in [4.78, 5) is 14.3. The molecule has 1 aliphatic rings. The molecule has 5 nitrogen and oxygen atoms in total. The number of nitrogens with one attached hydrogen (secondary N) is 2. The molecule has 2 amide bonds. The van der Waals surface area contributed by atoms with E-state index in [0.29, 0.717) is 23.7 Å². The number of carbonyl (C=O) groups excluding carboxylic acids is 1. The lowest BCUT2D eigenvalue weighted by atomic mass is 10.1. The minimum atomic E-state index is -0.210. The molecular formula is C19H20N4O. The van der Waals surface area contributed by atoms with Crippen molar-refractivity contribution in [1.82, 2.24) is 5.32 Å². The van der Waals surface area contributed by atoms with Gasteiger partial charge in [-0.05, 0) is 48.7 Å². The van der Waals surface area contributed by atoms with Crippen molar-refractivity contribution in [3.8, 4) is 6.07 Å². The molecule has 2 aromatic carbocycles. The van der Waals surface area contributed by atoms with Crippen molar-refractivity contribution in [2.45, 2.75) is 6.42 Å².